The van der Waals surface area contributed by atoms with Crippen molar-refractivity contribution in [3.05, 3.63) is 182 Å². The number of aryl methyl sites for hydroxylation is 1. The van der Waals surface area contributed by atoms with Crippen molar-refractivity contribution in [2.45, 2.75) is 58.7 Å². The molecule has 0 aliphatic heterocycles. The van der Waals surface area contributed by atoms with Gasteiger partial charge in [0.2, 0.25) is 0 Å². The Bertz CT molecular complexity index is 2470. The molecule has 0 atom stereocenters. The summed E-state index contributed by atoms with van der Waals surface area (Å²) in [5.74, 6) is 0.219. The number of halogens is 2. The van der Waals surface area contributed by atoms with Gasteiger partial charge >= 0.3 is 0 Å². The van der Waals surface area contributed by atoms with Gasteiger partial charge in [0.25, 0.3) is 11.8 Å². The highest BCUT2D eigenvalue weighted by molar-refractivity contribution is 6.31. The predicted molar refractivity (Wildman–Crippen MR) is 261 cm³/mol. The number of hydrogen-bond donors (Lipinski definition) is 3. The topological polar surface area (TPSA) is 185 Å². The highest BCUT2D eigenvalue weighted by Gasteiger charge is 2.34. The second-order valence-electron chi connectivity index (χ2n) is 16.8. The molecule has 0 spiro atoms. The molecule has 0 saturated heterocycles. The number of likely N-dealkylation sites (N-methyl/N-ethyl adjacent to an activating group) is 2. The van der Waals surface area contributed by atoms with Crippen molar-refractivity contribution >= 4 is 46.6 Å². The Balaban J connectivity index is 0.000000288. The van der Waals surface area contributed by atoms with Gasteiger partial charge in [-0.05, 0) is 179 Å². The smallest absolute Gasteiger partial charge is 0.265 e. The molecule has 6 aromatic rings. The Morgan fingerprint density at radius 3 is 1.16 bits per heavy atom. The number of phenols is 3. The molecule has 12 nitrogen and oxygen atoms in total. The number of amides is 2. The monoisotopic (exact) mass is 950 g/mol. The average molecular weight is 952 g/mol. The normalized spacial score (nSPS) is 11.0. The average Bonchev–Trinajstić information content (AvgIpc) is 3.29. The van der Waals surface area contributed by atoms with Gasteiger partial charge in [-0.3, -0.25) is 19.2 Å². The van der Waals surface area contributed by atoms with E-state index < -0.39 is 11.2 Å². The van der Waals surface area contributed by atoms with E-state index in [4.69, 9.17) is 32.7 Å². The number of carbonyl (C=O) groups is 4. The van der Waals surface area contributed by atoms with Crippen LogP contribution in [0.15, 0.2) is 133 Å². The van der Waals surface area contributed by atoms with Crippen LogP contribution in [0.3, 0.4) is 0 Å². The molecule has 0 radical (unpaired) electrons. The van der Waals surface area contributed by atoms with Crippen LogP contribution >= 0.6 is 23.2 Å². The molecule has 0 heterocycles. The van der Waals surface area contributed by atoms with Crippen LogP contribution in [-0.2, 0) is 22.4 Å². The Hall–Kier alpha value is -6.86. The summed E-state index contributed by atoms with van der Waals surface area (Å²) in [5, 5.41) is 30.0. The minimum atomic E-state index is -1.13. The molecule has 6 rings (SSSR count). The summed E-state index contributed by atoms with van der Waals surface area (Å²) in [6, 6.07) is 36.9. The maximum absolute atomic E-state index is 13.0. The van der Waals surface area contributed by atoms with E-state index in [0.717, 1.165) is 16.7 Å². The number of ether oxygens (including phenoxy) is 2. The van der Waals surface area contributed by atoms with Crippen LogP contribution in [0.2, 0.25) is 10.0 Å². The first kappa shape index (κ1) is 52.8. The summed E-state index contributed by atoms with van der Waals surface area (Å²) in [6.07, 6.45) is 1.13. The van der Waals surface area contributed by atoms with Crippen LogP contribution in [0.1, 0.15) is 76.2 Å². The molecule has 0 aliphatic carbocycles. The van der Waals surface area contributed by atoms with Crippen molar-refractivity contribution in [3.63, 3.8) is 0 Å². The zero-order valence-electron chi connectivity index (χ0n) is 38.5. The van der Waals surface area contributed by atoms with E-state index in [2.05, 4.69) is 0 Å². The number of benzene rings is 6. The number of nitrogens with zero attached hydrogens (tertiary/aromatic N) is 2. The van der Waals surface area contributed by atoms with Crippen molar-refractivity contribution in [2.75, 3.05) is 27.2 Å². The van der Waals surface area contributed by atoms with Crippen LogP contribution < -0.4 is 9.47 Å². The first-order valence-electron chi connectivity index (χ1n) is 21.1. The molecule has 67 heavy (non-hydrogen) atoms. The van der Waals surface area contributed by atoms with Crippen molar-refractivity contribution in [3.8, 4) is 28.7 Å². The van der Waals surface area contributed by atoms with Crippen LogP contribution in [0.5, 0.6) is 28.7 Å². The fourth-order valence-electron chi connectivity index (χ4n) is 6.81. The van der Waals surface area contributed by atoms with Gasteiger partial charge < -0.3 is 40.1 Å². The Kier molecular flexibility index (Phi) is 18.1. The molecule has 0 bridgehead atoms. The largest absolute Gasteiger partial charge is 0.508 e. The van der Waals surface area contributed by atoms with Crippen molar-refractivity contribution in [1.82, 2.24) is 9.80 Å². The molecule has 2 amide bonds. The zero-order valence-corrected chi connectivity index (χ0v) is 40.0. The number of carbonyl (C=O) groups excluding carboxylic acids is 4. The lowest BCUT2D eigenvalue weighted by molar-refractivity contribution is -0.144. The third kappa shape index (κ3) is 14.6. The fourth-order valence-corrected chi connectivity index (χ4v) is 7.06. The second kappa shape index (κ2) is 23.0. The van der Waals surface area contributed by atoms with E-state index in [0.29, 0.717) is 69.7 Å². The number of rotatable bonds is 16. The lowest BCUT2D eigenvalue weighted by Gasteiger charge is -2.30. The number of phenolic OH excluding ortho intramolecular Hbond substituents is 3. The van der Waals surface area contributed by atoms with E-state index >= 15 is 0 Å². The number of aromatic hydroxyl groups is 3. The molecular weight excluding hydrogens is 895 g/mol. The van der Waals surface area contributed by atoms with Crippen LogP contribution in [0.4, 0.5) is 0 Å². The molecular formula is C53H56Cl2N2O10. The summed E-state index contributed by atoms with van der Waals surface area (Å²) >= 11 is 11.8. The lowest BCUT2D eigenvalue weighted by atomic mass is 10.0. The van der Waals surface area contributed by atoms with Gasteiger partial charge in [0, 0.05) is 59.5 Å². The second-order valence-corrected chi connectivity index (χ2v) is 17.7. The summed E-state index contributed by atoms with van der Waals surface area (Å²) in [7, 11) is 3.41. The molecule has 14 heteroatoms. The van der Waals surface area contributed by atoms with E-state index in [1.807, 2.05) is 19.1 Å². The Morgan fingerprint density at radius 2 is 0.821 bits per heavy atom. The molecule has 0 fully saturated rings. The molecule has 6 aromatic carbocycles. The summed E-state index contributed by atoms with van der Waals surface area (Å²) in [4.78, 5) is 54.3. The van der Waals surface area contributed by atoms with Gasteiger partial charge in [-0.2, -0.15) is 0 Å². The minimum absolute atomic E-state index is 0. The molecule has 0 saturated carbocycles. The Labute approximate surface area is 401 Å². The summed E-state index contributed by atoms with van der Waals surface area (Å²) in [5.41, 5.74) is 2.45. The van der Waals surface area contributed by atoms with Crippen LogP contribution in [0.25, 0.3) is 0 Å². The van der Waals surface area contributed by atoms with Gasteiger partial charge in [-0.1, -0.05) is 41.4 Å². The molecule has 0 unspecified atom stereocenters. The minimum Gasteiger partial charge on any atom is -0.508 e. The summed E-state index contributed by atoms with van der Waals surface area (Å²) in [6.45, 7) is 9.55. The number of hydrogen-bond acceptors (Lipinski definition) is 9. The predicted octanol–water partition coefficient (Wildman–Crippen LogP) is 9.46. The van der Waals surface area contributed by atoms with Crippen molar-refractivity contribution < 1.29 is 49.4 Å². The van der Waals surface area contributed by atoms with E-state index in [1.165, 1.54) is 12.1 Å². The zero-order chi connectivity index (χ0) is 48.3. The van der Waals surface area contributed by atoms with Gasteiger partial charge in [0.15, 0.2) is 34.3 Å². The van der Waals surface area contributed by atoms with Crippen molar-refractivity contribution in [1.29, 1.82) is 0 Å². The number of ketones is 2. The SMILES string of the molecule is CN(CCc1ccc(O)c(O)c1)C(=O)C(C)(C)Oc1ccc(C(=O)c2ccc(Cl)cc2)cc1.Cc1ccc(CCN(C)C(=O)C(C)(C)Oc2ccc(C(=O)c3ccc(Cl)cc3)cc2)cc1O.O. The van der Waals surface area contributed by atoms with Gasteiger partial charge in [0.1, 0.15) is 17.2 Å². The van der Waals surface area contributed by atoms with Crippen LogP contribution in [-0.4, -0.2) is 92.4 Å². The highest BCUT2D eigenvalue weighted by Crippen LogP contribution is 2.27. The highest BCUT2D eigenvalue weighted by atomic mass is 35.5. The molecule has 0 aliphatic rings. The van der Waals surface area contributed by atoms with Gasteiger partial charge in [-0.15, -0.1) is 0 Å². The maximum atomic E-state index is 13.0. The van der Waals surface area contributed by atoms with E-state index in [-0.39, 0.29) is 46.1 Å². The third-order valence-electron chi connectivity index (χ3n) is 10.7. The standard InChI is InChI=1S/C27H28ClNO4.C26H26ClNO5.H2O/c1-18-5-6-19(17-24(18)30)15-16-29(4)26(32)27(2,3)33-23-13-9-21(10-14-23)25(31)20-7-11-22(28)12-8-20;1-26(2,25(32)28(3)15-14-17-4-13-22(29)23(30)16-17)33-21-11-7-19(8-12-21)24(31)18-5-9-20(27)10-6-18;/h5-14,17,30H,15-16H2,1-4H3;4-13,16,29-30H,14-15H2,1-3H3;1H2. The van der Waals surface area contributed by atoms with E-state index in [1.54, 1.807) is 161 Å². The first-order chi connectivity index (χ1) is 31.1. The molecule has 0 aromatic heterocycles. The quantitative estimate of drug-likeness (QED) is 0.0628. The van der Waals surface area contributed by atoms with E-state index in [9.17, 15) is 34.5 Å². The van der Waals surface area contributed by atoms with Gasteiger partial charge in [-0.25, -0.2) is 0 Å². The third-order valence-corrected chi connectivity index (χ3v) is 11.2. The van der Waals surface area contributed by atoms with Crippen molar-refractivity contribution in [2.24, 2.45) is 0 Å². The Morgan fingerprint density at radius 1 is 0.493 bits per heavy atom. The molecule has 5 N–H and O–H groups in total. The lowest BCUT2D eigenvalue weighted by Crippen LogP contribution is -2.47. The van der Waals surface area contributed by atoms with Crippen LogP contribution in [0, 0.1) is 6.92 Å². The molecule has 352 valence electrons. The maximum Gasteiger partial charge on any atom is 0.265 e. The van der Waals surface area contributed by atoms with Gasteiger partial charge in [0.05, 0.1) is 0 Å². The first-order valence-corrected chi connectivity index (χ1v) is 21.9. The summed E-state index contributed by atoms with van der Waals surface area (Å²) < 4.78 is 11.9. The fraction of sp³-hybridized carbons (Fsp3) is 0.245.